The number of alkyl halides is 1. The minimum atomic E-state index is 0.486. The second-order valence-corrected chi connectivity index (χ2v) is 5.59. The summed E-state index contributed by atoms with van der Waals surface area (Å²) in [6.45, 7) is 9.62. The van der Waals surface area contributed by atoms with Crippen molar-refractivity contribution in [1.82, 2.24) is 9.88 Å². The Morgan fingerprint density at radius 3 is 2.72 bits per heavy atom. The van der Waals surface area contributed by atoms with Gasteiger partial charge in [0.25, 0.3) is 0 Å². The van der Waals surface area contributed by atoms with Crippen LogP contribution in [0.1, 0.15) is 23.7 Å². The summed E-state index contributed by atoms with van der Waals surface area (Å²) in [5.41, 5.74) is 3.50. The summed E-state index contributed by atoms with van der Waals surface area (Å²) in [6, 6.07) is 2.60. The molecule has 3 nitrogen and oxygen atoms in total. The van der Waals surface area contributed by atoms with Crippen molar-refractivity contribution < 1.29 is 0 Å². The first-order valence-corrected chi connectivity index (χ1v) is 7.04. The number of rotatable bonds is 2. The second-order valence-electron chi connectivity index (χ2n) is 5.32. The van der Waals surface area contributed by atoms with Crippen LogP contribution in [0, 0.1) is 13.8 Å². The van der Waals surface area contributed by atoms with Gasteiger partial charge in [-0.2, -0.15) is 0 Å². The Balaban J connectivity index is 2.37. The molecule has 1 atom stereocenters. The lowest BCUT2D eigenvalue weighted by Crippen LogP contribution is -2.51. The molecule has 0 N–H and O–H groups in total. The van der Waals surface area contributed by atoms with Crippen LogP contribution < -0.4 is 4.90 Å². The number of anilines is 1. The van der Waals surface area contributed by atoms with Crippen molar-refractivity contribution in [2.24, 2.45) is 0 Å². The quantitative estimate of drug-likeness (QED) is 0.768. The Bertz CT molecular complexity index is 433. The highest BCUT2D eigenvalue weighted by Gasteiger charge is 2.25. The molecule has 0 aliphatic carbocycles. The fourth-order valence-corrected chi connectivity index (χ4v) is 3.03. The summed E-state index contributed by atoms with van der Waals surface area (Å²) >= 11 is 6.11. The molecule has 2 rings (SSSR count). The highest BCUT2D eigenvalue weighted by Crippen LogP contribution is 2.27. The van der Waals surface area contributed by atoms with Crippen molar-refractivity contribution in [2.75, 3.05) is 31.6 Å². The van der Waals surface area contributed by atoms with Crippen LogP contribution in [0.15, 0.2) is 6.07 Å². The zero-order valence-corrected chi connectivity index (χ0v) is 12.5. The van der Waals surface area contributed by atoms with E-state index in [1.807, 2.05) is 0 Å². The van der Waals surface area contributed by atoms with Crippen LogP contribution in [0.4, 0.5) is 5.82 Å². The van der Waals surface area contributed by atoms with Crippen molar-refractivity contribution >= 4 is 17.4 Å². The first-order valence-electron chi connectivity index (χ1n) is 6.51. The van der Waals surface area contributed by atoms with Gasteiger partial charge >= 0.3 is 0 Å². The average molecular weight is 268 g/mol. The molecule has 1 fully saturated rings. The maximum atomic E-state index is 6.11. The van der Waals surface area contributed by atoms with Crippen LogP contribution >= 0.6 is 11.6 Å². The molecule has 1 aliphatic heterocycles. The fourth-order valence-electron chi connectivity index (χ4n) is 2.70. The summed E-state index contributed by atoms with van der Waals surface area (Å²) in [6.07, 6.45) is 0. The number of halogens is 1. The van der Waals surface area contributed by atoms with E-state index in [9.17, 15) is 0 Å². The van der Waals surface area contributed by atoms with Crippen LogP contribution in [0.5, 0.6) is 0 Å². The molecule has 4 heteroatoms. The van der Waals surface area contributed by atoms with Gasteiger partial charge < -0.3 is 9.80 Å². The smallest absolute Gasteiger partial charge is 0.133 e. The number of pyridine rings is 1. The van der Waals surface area contributed by atoms with Gasteiger partial charge in [0.15, 0.2) is 0 Å². The minimum Gasteiger partial charge on any atom is -0.351 e. The Morgan fingerprint density at radius 1 is 1.39 bits per heavy atom. The van der Waals surface area contributed by atoms with E-state index in [4.69, 9.17) is 16.6 Å². The maximum absolute atomic E-state index is 6.11. The standard InChI is InChI=1S/C14H22ClN3/c1-10-7-11(2)16-14(13(10)8-15)18-6-5-17(4)9-12(18)3/h7,12H,5-6,8-9H2,1-4H3. The lowest BCUT2D eigenvalue weighted by molar-refractivity contribution is 0.274. The van der Waals surface area contributed by atoms with Crippen LogP contribution in [0.3, 0.4) is 0 Å². The third-order valence-electron chi connectivity index (χ3n) is 3.69. The summed E-state index contributed by atoms with van der Waals surface area (Å²) in [7, 11) is 2.17. The van der Waals surface area contributed by atoms with Crippen molar-refractivity contribution in [3.63, 3.8) is 0 Å². The Labute approximate surface area is 115 Å². The molecule has 18 heavy (non-hydrogen) atoms. The molecule has 0 aromatic carbocycles. The second kappa shape index (κ2) is 5.45. The summed E-state index contributed by atoms with van der Waals surface area (Å²) in [5, 5.41) is 0. The normalized spacial score (nSPS) is 21.4. The largest absolute Gasteiger partial charge is 0.351 e. The molecule has 1 aromatic rings. The van der Waals surface area contributed by atoms with Gasteiger partial charge in [0, 0.05) is 36.9 Å². The average Bonchev–Trinajstić information content (AvgIpc) is 2.28. The first-order chi connectivity index (χ1) is 8.52. The number of aryl methyl sites for hydroxylation is 2. The predicted molar refractivity (Wildman–Crippen MR) is 77.6 cm³/mol. The van der Waals surface area contributed by atoms with Crippen LogP contribution in [-0.4, -0.2) is 42.6 Å². The maximum Gasteiger partial charge on any atom is 0.133 e. The molecule has 1 aromatic heterocycles. The topological polar surface area (TPSA) is 19.4 Å². The number of piperazine rings is 1. The van der Waals surface area contributed by atoms with Gasteiger partial charge in [0.05, 0.1) is 5.88 Å². The molecular formula is C14H22ClN3. The SMILES string of the molecule is Cc1cc(C)c(CCl)c(N2CCN(C)CC2C)n1. The first kappa shape index (κ1) is 13.6. The zero-order chi connectivity index (χ0) is 13.3. The molecule has 100 valence electrons. The summed E-state index contributed by atoms with van der Waals surface area (Å²) in [5.74, 6) is 1.62. The van der Waals surface area contributed by atoms with E-state index in [1.54, 1.807) is 0 Å². The van der Waals surface area contributed by atoms with E-state index in [1.165, 1.54) is 11.1 Å². The molecular weight excluding hydrogens is 246 g/mol. The van der Waals surface area contributed by atoms with Crippen molar-refractivity contribution in [1.29, 1.82) is 0 Å². The van der Waals surface area contributed by atoms with E-state index in [0.29, 0.717) is 11.9 Å². The third-order valence-corrected chi connectivity index (χ3v) is 3.96. The van der Waals surface area contributed by atoms with E-state index in [-0.39, 0.29) is 0 Å². The predicted octanol–water partition coefficient (Wildman–Crippen LogP) is 2.58. The summed E-state index contributed by atoms with van der Waals surface area (Å²) in [4.78, 5) is 9.49. The number of nitrogens with zero attached hydrogens (tertiary/aromatic N) is 3. The highest BCUT2D eigenvalue weighted by atomic mass is 35.5. The van der Waals surface area contributed by atoms with Gasteiger partial charge in [-0.1, -0.05) is 0 Å². The fraction of sp³-hybridized carbons (Fsp3) is 0.643. The van der Waals surface area contributed by atoms with Crippen LogP contribution in [0.25, 0.3) is 0 Å². The van der Waals surface area contributed by atoms with Crippen LogP contribution in [-0.2, 0) is 5.88 Å². The molecule has 1 saturated heterocycles. The van der Waals surface area contributed by atoms with E-state index < -0.39 is 0 Å². The molecule has 0 amide bonds. The van der Waals surface area contributed by atoms with Gasteiger partial charge in [0.2, 0.25) is 0 Å². The van der Waals surface area contributed by atoms with Gasteiger partial charge in [0.1, 0.15) is 5.82 Å². The van der Waals surface area contributed by atoms with Gasteiger partial charge in [-0.15, -0.1) is 11.6 Å². The Morgan fingerprint density at radius 2 is 2.11 bits per heavy atom. The molecule has 0 radical (unpaired) electrons. The number of aromatic nitrogens is 1. The summed E-state index contributed by atoms with van der Waals surface area (Å²) < 4.78 is 0. The zero-order valence-electron chi connectivity index (χ0n) is 11.7. The number of hydrogen-bond acceptors (Lipinski definition) is 3. The molecule has 1 unspecified atom stereocenters. The molecule has 0 saturated carbocycles. The third kappa shape index (κ3) is 2.62. The van der Waals surface area contributed by atoms with Crippen molar-refractivity contribution in [3.8, 4) is 0 Å². The molecule has 0 bridgehead atoms. The lowest BCUT2D eigenvalue weighted by Gasteiger charge is -2.40. The van der Waals surface area contributed by atoms with E-state index >= 15 is 0 Å². The highest BCUT2D eigenvalue weighted by molar-refractivity contribution is 6.17. The number of likely N-dealkylation sites (N-methyl/N-ethyl adjacent to an activating group) is 1. The lowest BCUT2D eigenvalue weighted by atomic mass is 10.1. The van der Waals surface area contributed by atoms with Gasteiger partial charge in [-0.05, 0) is 39.4 Å². The molecule has 1 aliphatic rings. The van der Waals surface area contributed by atoms with E-state index in [2.05, 4.69) is 43.7 Å². The van der Waals surface area contributed by atoms with Gasteiger partial charge in [-0.3, -0.25) is 0 Å². The molecule has 2 heterocycles. The number of hydrogen-bond donors (Lipinski definition) is 0. The monoisotopic (exact) mass is 267 g/mol. The Kier molecular flexibility index (Phi) is 4.13. The van der Waals surface area contributed by atoms with Gasteiger partial charge in [-0.25, -0.2) is 4.98 Å². The van der Waals surface area contributed by atoms with Crippen molar-refractivity contribution in [3.05, 3.63) is 22.9 Å². The van der Waals surface area contributed by atoms with Crippen molar-refractivity contribution in [2.45, 2.75) is 32.7 Å². The van der Waals surface area contributed by atoms with Crippen LogP contribution in [0.2, 0.25) is 0 Å². The van der Waals surface area contributed by atoms with E-state index in [0.717, 1.165) is 31.1 Å². The Hall–Kier alpha value is -0.800. The minimum absolute atomic E-state index is 0.486. The molecule has 0 spiro atoms.